The predicted molar refractivity (Wildman–Crippen MR) is 363 cm³/mol. The third-order valence-corrected chi connectivity index (χ3v) is 22.7. The van der Waals surface area contributed by atoms with Gasteiger partial charge in [0.15, 0.2) is 5.58 Å². The van der Waals surface area contributed by atoms with E-state index < -0.39 is 0 Å². The molecule has 2 aromatic heterocycles. The Hall–Kier alpha value is -7.02. The number of fused-ring (bicyclic) bond motifs is 13. The molecule has 0 spiro atoms. The maximum atomic E-state index is 7.11. The Morgan fingerprint density at radius 3 is 1.87 bits per heavy atom. The normalized spacial score (nSPS) is 20.2. The van der Waals surface area contributed by atoms with Crippen LogP contribution in [0.2, 0.25) is 0 Å². The van der Waals surface area contributed by atoms with Gasteiger partial charge in [0.2, 0.25) is 0 Å². The van der Waals surface area contributed by atoms with Crippen molar-refractivity contribution in [2.45, 2.75) is 180 Å². The van der Waals surface area contributed by atoms with Crippen LogP contribution in [-0.4, -0.2) is 12.3 Å². The monoisotopic (exact) mass is 1120 g/mol. The summed E-state index contributed by atoms with van der Waals surface area (Å²) in [5.74, 6) is 0. The van der Waals surface area contributed by atoms with E-state index in [2.05, 4.69) is 282 Å². The summed E-state index contributed by atoms with van der Waals surface area (Å²) in [6.07, 6.45) is 7.03. The summed E-state index contributed by atoms with van der Waals surface area (Å²) in [5, 5.41) is 3.61. The van der Waals surface area contributed by atoms with Gasteiger partial charge in [-0.3, -0.25) is 0 Å². The lowest BCUT2D eigenvalue weighted by molar-refractivity contribution is 0.195. The van der Waals surface area contributed by atoms with Crippen LogP contribution in [0.15, 0.2) is 156 Å². The molecule has 2 atom stereocenters. The fourth-order valence-corrected chi connectivity index (χ4v) is 17.5. The molecule has 2 aliphatic carbocycles. The van der Waals surface area contributed by atoms with E-state index in [1.54, 1.807) is 5.56 Å². The molecule has 0 radical (unpaired) electrons. The third kappa shape index (κ3) is 7.63. The summed E-state index contributed by atoms with van der Waals surface area (Å²) in [4.78, 5) is 8.27. The van der Waals surface area contributed by atoms with Gasteiger partial charge in [0.05, 0.1) is 28.3 Å². The highest BCUT2D eigenvalue weighted by atomic mass is 32.1. The number of rotatable bonds is 5. The van der Waals surface area contributed by atoms with E-state index in [9.17, 15) is 0 Å². The quantitative estimate of drug-likeness (QED) is 0.160. The van der Waals surface area contributed by atoms with E-state index in [0.29, 0.717) is 0 Å². The molecule has 0 bridgehead atoms. The highest BCUT2D eigenvalue weighted by Crippen LogP contribution is 2.64. The minimum Gasteiger partial charge on any atom is -0.454 e. The van der Waals surface area contributed by atoms with Crippen LogP contribution in [-0.2, 0) is 32.5 Å². The minimum absolute atomic E-state index is 0.0160. The first-order valence-electron chi connectivity index (χ1n) is 31.4. The number of furan rings is 1. The van der Waals surface area contributed by atoms with E-state index in [1.807, 2.05) is 0 Å². The van der Waals surface area contributed by atoms with Crippen molar-refractivity contribution in [3.63, 3.8) is 0 Å². The lowest BCUT2D eigenvalue weighted by atomic mass is 9.36. The second kappa shape index (κ2) is 17.8. The smallest absolute Gasteiger partial charge is 0.264 e. The summed E-state index contributed by atoms with van der Waals surface area (Å²) < 4.78 is 9.94. The van der Waals surface area contributed by atoms with Crippen molar-refractivity contribution in [3.05, 3.63) is 185 Å². The summed E-state index contributed by atoms with van der Waals surface area (Å²) in [5.41, 5.74) is 25.2. The Kier molecular flexibility index (Phi) is 11.4. The average Bonchev–Trinajstić information content (AvgIpc) is 1.46. The van der Waals surface area contributed by atoms with Gasteiger partial charge in [-0.05, 0) is 170 Å². The largest absolute Gasteiger partial charge is 0.454 e. The van der Waals surface area contributed by atoms with Crippen molar-refractivity contribution in [1.82, 2.24) is 0 Å². The van der Waals surface area contributed by atoms with Crippen LogP contribution < -0.4 is 30.4 Å². The Labute approximate surface area is 504 Å². The number of para-hydroxylation sites is 2. The fourth-order valence-electron chi connectivity index (χ4n) is 16.2. The Bertz CT molecular complexity index is 4380. The second-order valence-corrected chi connectivity index (χ2v) is 31.8. The molecular weight excluding hydrogens is 1040 g/mol. The van der Waals surface area contributed by atoms with Crippen molar-refractivity contribution in [2.75, 3.05) is 14.7 Å². The molecule has 0 N–H and O–H groups in total. The van der Waals surface area contributed by atoms with Gasteiger partial charge in [0.25, 0.3) is 6.71 Å². The van der Waals surface area contributed by atoms with E-state index in [-0.39, 0.29) is 44.7 Å². The zero-order valence-electron chi connectivity index (χ0n) is 52.4. The molecule has 1 fully saturated rings. The molecule has 2 unspecified atom stereocenters. The number of benzene rings is 8. The molecule has 424 valence electrons. The molecule has 5 heterocycles. The van der Waals surface area contributed by atoms with Gasteiger partial charge in [-0.1, -0.05) is 201 Å². The molecule has 4 nitrogen and oxygen atoms in total. The van der Waals surface area contributed by atoms with E-state index >= 15 is 0 Å². The molecule has 10 aromatic rings. The number of thiophene rings is 1. The minimum atomic E-state index is -0.195. The zero-order valence-corrected chi connectivity index (χ0v) is 53.2. The van der Waals surface area contributed by atoms with Crippen LogP contribution in [0.3, 0.4) is 0 Å². The van der Waals surface area contributed by atoms with Crippen LogP contribution in [0.4, 0.5) is 45.5 Å². The summed E-state index contributed by atoms with van der Waals surface area (Å²) in [6.45, 7) is 36.6. The standard InChI is InChI=1S/C78H82BN3OS/c1-72(2,3)48-30-33-51(34-31-48)80(62-28-23-27-54-53-26-19-20-29-65(53)83-70(54)62)52-43-63-67-64(44-52)82-69-59(77(14)36-21-22-37-78(77,82)15)41-50(74(7,8)9)42-60(69)79(67)71-68(56-45-57-58(46-66(56)84-71)76(12,13)39-38-75(57,10)11)81(63)61-35-32-49(73(4,5)6)40-55(61)47-24-17-16-18-25-47/h16-20,23-35,40-46H,21-22,36-39H2,1-15H3. The first kappa shape index (κ1) is 53.7. The molecule has 84 heavy (non-hydrogen) atoms. The van der Waals surface area contributed by atoms with Gasteiger partial charge >= 0.3 is 0 Å². The number of hydrogen-bond donors (Lipinski definition) is 0. The third-order valence-electron chi connectivity index (χ3n) is 21.5. The van der Waals surface area contributed by atoms with Crippen LogP contribution >= 0.6 is 11.3 Å². The molecule has 5 aliphatic rings. The molecule has 15 rings (SSSR count). The summed E-state index contributed by atoms with van der Waals surface area (Å²) in [6, 6.07) is 59.4. The van der Waals surface area contributed by atoms with Gasteiger partial charge in [-0.25, -0.2) is 0 Å². The molecule has 0 amide bonds. The first-order valence-corrected chi connectivity index (χ1v) is 32.2. The van der Waals surface area contributed by atoms with E-state index in [0.717, 1.165) is 58.3 Å². The van der Waals surface area contributed by atoms with Gasteiger partial charge in [-0.2, -0.15) is 0 Å². The SMILES string of the molecule is CC(C)(C)c1ccc(N(c2cc3c4c(c2)N2c5c(cc(C(C)(C)C)cc5C5(C)CCCCC25C)B4c2sc4cc5c(cc4c2N3c2ccc(C(C)(C)C)cc2-c2ccccc2)C(C)(C)CCC5(C)C)c2cccc3c2oc2ccccc23)cc1. The molecule has 3 aliphatic heterocycles. The lowest BCUT2D eigenvalue weighted by Gasteiger charge is -2.52. The van der Waals surface area contributed by atoms with Crippen LogP contribution in [0.25, 0.3) is 43.2 Å². The van der Waals surface area contributed by atoms with Gasteiger partial charge in [0.1, 0.15) is 5.58 Å². The van der Waals surface area contributed by atoms with Crippen molar-refractivity contribution in [1.29, 1.82) is 0 Å². The van der Waals surface area contributed by atoms with Crippen molar-refractivity contribution in [2.24, 2.45) is 0 Å². The first-order chi connectivity index (χ1) is 39.8. The highest BCUT2D eigenvalue weighted by molar-refractivity contribution is 7.33. The Morgan fingerprint density at radius 1 is 0.512 bits per heavy atom. The fraction of sp³-hybridized carbons (Fsp3) is 0.359. The maximum Gasteiger partial charge on any atom is 0.264 e. The van der Waals surface area contributed by atoms with Gasteiger partial charge in [-0.15, -0.1) is 11.3 Å². The Balaban J connectivity index is 1.13. The number of anilines is 8. The highest BCUT2D eigenvalue weighted by Gasteiger charge is 2.62. The van der Waals surface area contributed by atoms with Crippen molar-refractivity contribution >= 4 is 111 Å². The van der Waals surface area contributed by atoms with E-state index in [4.69, 9.17) is 4.42 Å². The molecular formula is C78H82BN3OS. The van der Waals surface area contributed by atoms with Crippen molar-refractivity contribution in [3.8, 4) is 11.1 Å². The maximum absolute atomic E-state index is 7.11. The number of hydrogen-bond acceptors (Lipinski definition) is 5. The molecule has 8 aromatic carbocycles. The number of nitrogens with zero attached hydrogens (tertiary/aromatic N) is 3. The van der Waals surface area contributed by atoms with Crippen LogP contribution in [0.5, 0.6) is 0 Å². The predicted octanol–water partition coefficient (Wildman–Crippen LogP) is 20.5. The summed E-state index contributed by atoms with van der Waals surface area (Å²) >= 11 is 2.08. The van der Waals surface area contributed by atoms with Crippen LogP contribution in [0.1, 0.15) is 176 Å². The molecule has 1 saturated carbocycles. The zero-order chi connectivity index (χ0) is 58.6. The topological polar surface area (TPSA) is 22.9 Å². The van der Waals surface area contributed by atoms with Gasteiger partial charge in [0, 0.05) is 59.4 Å². The van der Waals surface area contributed by atoms with E-state index in [1.165, 1.54) is 112 Å². The molecule has 6 heteroatoms. The van der Waals surface area contributed by atoms with Gasteiger partial charge < -0.3 is 19.1 Å². The molecule has 0 saturated heterocycles. The summed E-state index contributed by atoms with van der Waals surface area (Å²) in [7, 11) is 0. The van der Waals surface area contributed by atoms with Crippen LogP contribution in [0, 0.1) is 0 Å². The van der Waals surface area contributed by atoms with Crippen molar-refractivity contribution < 1.29 is 4.42 Å². The lowest BCUT2D eigenvalue weighted by Crippen LogP contribution is -2.64. The second-order valence-electron chi connectivity index (χ2n) is 30.7. The average molecular weight is 1120 g/mol. The Morgan fingerprint density at radius 2 is 1.15 bits per heavy atom.